The van der Waals surface area contributed by atoms with Gasteiger partial charge in [-0.2, -0.15) is 0 Å². The van der Waals surface area contributed by atoms with E-state index in [4.69, 9.17) is 9.72 Å². The lowest BCUT2D eigenvalue weighted by Crippen LogP contribution is -2.30. The van der Waals surface area contributed by atoms with E-state index in [-0.39, 0.29) is 5.91 Å². The van der Waals surface area contributed by atoms with Gasteiger partial charge in [-0.1, -0.05) is 26.0 Å². The standard InChI is InChI=1S/C31H38N6O2/c1-21(2)23-6-5-7-24(18-23)33-31-34-27-19-25(9-10-28(27)37(31)4)39-26-12-15-32-29(20-26)35-30(38)11-8-22-13-16-36(3)17-14-22/h5-7,9-10,12,15,18-22H,8,11,13-14,16-17H2,1-4H3,(H,33,34)(H,32,35,38). The summed E-state index contributed by atoms with van der Waals surface area (Å²) < 4.78 is 8.15. The van der Waals surface area contributed by atoms with Crippen LogP contribution in [-0.4, -0.2) is 45.5 Å². The predicted molar refractivity (Wildman–Crippen MR) is 157 cm³/mol. The number of carbonyl (C=O) groups is 1. The van der Waals surface area contributed by atoms with Gasteiger partial charge in [0.2, 0.25) is 11.9 Å². The van der Waals surface area contributed by atoms with Crippen LogP contribution in [0.15, 0.2) is 60.8 Å². The average molecular weight is 527 g/mol. The third kappa shape index (κ3) is 6.75. The Bertz CT molecular complexity index is 1440. The molecule has 1 saturated heterocycles. The first-order valence-electron chi connectivity index (χ1n) is 13.8. The molecule has 8 heteroatoms. The number of imidazole rings is 1. The predicted octanol–water partition coefficient (Wildman–Crippen LogP) is 6.69. The largest absolute Gasteiger partial charge is 0.457 e. The van der Waals surface area contributed by atoms with Crippen LogP contribution in [0.1, 0.15) is 51.0 Å². The molecule has 0 aliphatic carbocycles. The molecule has 1 fully saturated rings. The molecule has 1 amide bonds. The molecule has 0 radical (unpaired) electrons. The van der Waals surface area contributed by atoms with Gasteiger partial charge >= 0.3 is 0 Å². The number of anilines is 3. The van der Waals surface area contributed by atoms with E-state index in [1.165, 1.54) is 5.56 Å². The molecule has 2 N–H and O–H groups in total. The maximum absolute atomic E-state index is 12.5. The van der Waals surface area contributed by atoms with Crippen molar-refractivity contribution >= 4 is 34.4 Å². The monoisotopic (exact) mass is 526 g/mol. The van der Waals surface area contributed by atoms with Gasteiger partial charge in [-0.3, -0.25) is 4.79 Å². The molecule has 1 aliphatic heterocycles. The fourth-order valence-corrected chi connectivity index (χ4v) is 5.03. The summed E-state index contributed by atoms with van der Waals surface area (Å²) in [5.74, 6) is 3.60. The van der Waals surface area contributed by atoms with Crippen molar-refractivity contribution in [1.82, 2.24) is 19.4 Å². The molecule has 0 spiro atoms. The molecule has 5 rings (SSSR count). The molecule has 3 heterocycles. The molecule has 0 bridgehead atoms. The molecule has 4 aromatic rings. The summed E-state index contributed by atoms with van der Waals surface area (Å²) in [5.41, 5.74) is 4.11. The second-order valence-electron chi connectivity index (χ2n) is 10.9. The minimum Gasteiger partial charge on any atom is -0.457 e. The summed E-state index contributed by atoms with van der Waals surface area (Å²) in [6.45, 7) is 6.60. The number of nitrogens with one attached hydrogen (secondary N) is 2. The van der Waals surface area contributed by atoms with Crippen molar-refractivity contribution in [2.45, 2.75) is 45.4 Å². The van der Waals surface area contributed by atoms with Gasteiger partial charge in [-0.15, -0.1) is 0 Å². The molecular weight excluding hydrogens is 488 g/mol. The number of nitrogens with zero attached hydrogens (tertiary/aromatic N) is 4. The molecule has 204 valence electrons. The summed E-state index contributed by atoms with van der Waals surface area (Å²) in [6, 6.07) is 17.8. The van der Waals surface area contributed by atoms with E-state index in [1.54, 1.807) is 18.3 Å². The van der Waals surface area contributed by atoms with Gasteiger partial charge in [0.25, 0.3) is 0 Å². The van der Waals surface area contributed by atoms with Crippen molar-refractivity contribution in [3.8, 4) is 11.5 Å². The number of aryl methyl sites for hydroxylation is 1. The summed E-state index contributed by atoms with van der Waals surface area (Å²) in [5, 5.41) is 6.37. The zero-order valence-corrected chi connectivity index (χ0v) is 23.3. The van der Waals surface area contributed by atoms with Crippen LogP contribution in [0, 0.1) is 5.92 Å². The summed E-state index contributed by atoms with van der Waals surface area (Å²) in [6.07, 6.45) is 5.40. The number of pyridine rings is 1. The normalized spacial score (nSPS) is 14.6. The average Bonchev–Trinajstić information content (AvgIpc) is 3.22. The molecule has 0 atom stereocenters. The van der Waals surface area contributed by atoms with Crippen molar-refractivity contribution in [1.29, 1.82) is 0 Å². The van der Waals surface area contributed by atoms with Gasteiger partial charge in [0.05, 0.1) is 11.0 Å². The Morgan fingerprint density at radius 2 is 1.85 bits per heavy atom. The van der Waals surface area contributed by atoms with Crippen molar-refractivity contribution in [2.24, 2.45) is 13.0 Å². The second kappa shape index (κ2) is 11.9. The number of hydrogen-bond acceptors (Lipinski definition) is 6. The first-order chi connectivity index (χ1) is 18.8. The number of rotatable bonds is 9. The first kappa shape index (κ1) is 26.7. The lowest BCUT2D eigenvalue weighted by molar-refractivity contribution is -0.116. The number of hydrogen-bond donors (Lipinski definition) is 2. The Kier molecular flexibility index (Phi) is 8.12. The number of ether oxygens (including phenoxy) is 1. The zero-order chi connectivity index (χ0) is 27.4. The number of carbonyl (C=O) groups excluding carboxylic acids is 1. The highest BCUT2D eigenvalue weighted by Gasteiger charge is 2.18. The van der Waals surface area contributed by atoms with Gasteiger partial charge in [-0.05, 0) is 87.1 Å². The van der Waals surface area contributed by atoms with E-state index in [2.05, 4.69) is 59.6 Å². The van der Waals surface area contributed by atoms with Crippen LogP contribution in [0.5, 0.6) is 11.5 Å². The number of amides is 1. The SMILES string of the molecule is CC(C)c1cccc(Nc2nc3cc(Oc4ccnc(NC(=O)CCC5CCN(C)CC5)c4)ccc3n2C)c1. The molecule has 1 aliphatic rings. The smallest absolute Gasteiger partial charge is 0.225 e. The molecule has 39 heavy (non-hydrogen) atoms. The Morgan fingerprint density at radius 3 is 2.64 bits per heavy atom. The van der Waals surface area contributed by atoms with Crippen LogP contribution < -0.4 is 15.4 Å². The lowest BCUT2D eigenvalue weighted by atomic mass is 9.92. The molecule has 0 unspecified atom stereocenters. The van der Waals surface area contributed by atoms with E-state index in [0.717, 1.165) is 55.0 Å². The van der Waals surface area contributed by atoms with Crippen LogP contribution in [-0.2, 0) is 11.8 Å². The topological polar surface area (TPSA) is 84.3 Å². The zero-order valence-electron chi connectivity index (χ0n) is 23.3. The van der Waals surface area contributed by atoms with Crippen molar-refractivity contribution < 1.29 is 9.53 Å². The van der Waals surface area contributed by atoms with Crippen LogP contribution in [0.3, 0.4) is 0 Å². The molecule has 0 saturated carbocycles. The fraction of sp³-hybridized carbons (Fsp3) is 0.387. The van der Waals surface area contributed by atoms with Crippen molar-refractivity contribution in [3.63, 3.8) is 0 Å². The summed E-state index contributed by atoms with van der Waals surface area (Å²) >= 11 is 0. The molecular formula is C31H38N6O2. The van der Waals surface area contributed by atoms with E-state index in [1.807, 2.05) is 35.9 Å². The van der Waals surface area contributed by atoms with Gasteiger partial charge in [-0.25, -0.2) is 9.97 Å². The summed E-state index contributed by atoms with van der Waals surface area (Å²) in [7, 11) is 4.15. The van der Waals surface area contributed by atoms with Gasteiger partial charge < -0.3 is 24.8 Å². The highest BCUT2D eigenvalue weighted by molar-refractivity contribution is 5.89. The Hall–Kier alpha value is -3.91. The fourth-order valence-electron chi connectivity index (χ4n) is 5.03. The van der Waals surface area contributed by atoms with Crippen molar-refractivity contribution in [3.05, 3.63) is 66.4 Å². The number of fused-ring (bicyclic) bond motifs is 1. The quantitative estimate of drug-likeness (QED) is 0.253. The van der Waals surface area contributed by atoms with Crippen LogP contribution in [0.2, 0.25) is 0 Å². The van der Waals surface area contributed by atoms with Gasteiger partial charge in [0, 0.05) is 37.5 Å². The molecule has 2 aromatic heterocycles. The number of aromatic nitrogens is 3. The maximum Gasteiger partial charge on any atom is 0.225 e. The molecule has 2 aromatic carbocycles. The first-order valence-corrected chi connectivity index (χ1v) is 13.8. The van der Waals surface area contributed by atoms with Crippen LogP contribution in [0.25, 0.3) is 11.0 Å². The highest BCUT2D eigenvalue weighted by Crippen LogP contribution is 2.29. The summed E-state index contributed by atoms with van der Waals surface area (Å²) in [4.78, 5) is 24.0. The minimum absolute atomic E-state index is 0.00700. The van der Waals surface area contributed by atoms with Gasteiger partial charge in [0.1, 0.15) is 17.3 Å². The number of piperidine rings is 1. The molecule has 8 nitrogen and oxygen atoms in total. The number of likely N-dealkylation sites (tertiary alicyclic amines) is 1. The van der Waals surface area contributed by atoms with E-state index >= 15 is 0 Å². The highest BCUT2D eigenvalue weighted by atomic mass is 16.5. The van der Waals surface area contributed by atoms with E-state index < -0.39 is 0 Å². The van der Waals surface area contributed by atoms with Crippen LogP contribution in [0.4, 0.5) is 17.5 Å². The lowest BCUT2D eigenvalue weighted by Gasteiger charge is -2.28. The Morgan fingerprint density at radius 1 is 1.05 bits per heavy atom. The maximum atomic E-state index is 12.5. The van der Waals surface area contributed by atoms with Gasteiger partial charge in [0.15, 0.2) is 0 Å². The van der Waals surface area contributed by atoms with Crippen molar-refractivity contribution in [2.75, 3.05) is 30.8 Å². The van der Waals surface area contributed by atoms with Crippen LogP contribution >= 0.6 is 0 Å². The number of benzene rings is 2. The second-order valence-corrected chi connectivity index (χ2v) is 10.9. The third-order valence-corrected chi connectivity index (χ3v) is 7.51. The van der Waals surface area contributed by atoms with E-state index in [0.29, 0.717) is 35.6 Å². The third-order valence-electron chi connectivity index (χ3n) is 7.51. The Balaban J connectivity index is 1.22. The Labute approximate surface area is 230 Å². The van der Waals surface area contributed by atoms with E-state index in [9.17, 15) is 4.79 Å². The minimum atomic E-state index is -0.00700.